The van der Waals surface area contributed by atoms with E-state index in [-0.39, 0.29) is 64.4 Å². The molecule has 2 fully saturated rings. The van der Waals surface area contributed by atoms with Gasteiger partial charge in [-0.2, -0.15) is 0 Å². The molecule has 0 aliphatic heterocycles. The molecule has 6 rings (SSSR count). The molecule has 6 aliphatic rings. The van der Waals surface area contributed by atoms with Gasteiger partial charge < -0.3 is 5.11 Å². The molecular weight excluding hydrogens is 603 g/mol. The van der Waals surface area contributed by atoms with E-state index >= 15 is 0 Å². The minimum absolute atomic E-state index is 0. The minimum Gasteiger partial charge on any atom is -0.381 e. The van der Waals surface area contributed by atoms with E-state index in [4.69, 9.17) is 0 Å². The molecule has 0 bridgehead atoms. The van der Waals surface area contributed by atoms with E-state index in [2.05, 4.69) is 77.0 Å². The maximum absolute atomic E-state index is 12.0. The van der Waals surface area contributed by atoms with Crippen molar-refractivity contribution >= 4 is 36.2 Å². The third-order valence-corrected chi connectivity index (χ3v) is 10.6. The fraction of sp³-hybridized carbons (Fsp3) is 0.564. The van der Waals surface area contributed by atoms with Crippen molar-refractivity contribution in [3.05, 3.63) is 85.1 Å². The van der Waals surface area contributed by atoms with Crippen molar-refractivity contribution in [3.8, 4) is 0 Å². The summed E-state index contributed by atoms with van der Waals surface area (Å²) in [5, 5.41) is 10.3. The zero-order valence-electron chi connectivity index (χ0n) is 28.8. The number of ketones is 3. The van der Waals surface area contributed by atoms with Crippen molar-refractivity contribution in [2.45, 2.75) is 98.5 Å². The number of carbonyl (C=O) groups excluding carboxylic acids is 3. The SMILES string of the molecule is C=C(C)C.C=C(C)[C@@H]1CC(=O)[C@@]2(C)CC=CC[C@H]12.C=C(C)[C@@H]1CC(=O)[C@@]2(O)CC=CC[C@H]12.C[C@]12CC=CC[C@@H]1C=CC2=O.[Cu].[Li]. The number of carbonyl (C=O) groups is 3. The summed E-state index contributed by atoms with van der Waals surface area (Å²) in [5.41, 5.74) is 2.11. The van der Waals surface area contributed by atoms with Gasteiger partial charge in [0.1, 0.15) is 11.4 Å². The minimum atomic E-state index is -1.08. The molecule has 0 heterocycles. The predicted octanol–water partition coefficient (Wildman–Crippen LogP) is 8.27. The second kappa shape index (κ2) is 16.9. The summed E-state index contributed by atoms with van der Waals surface area (Å²) in [7, 11) is 0. The van der Waals surface area contributed by atoms with Crippen molar-refractivity contribution in [1.82, 2.24) is 0 Å². The molecule has 0 aromatic rings. The summed E-state index contributed by atoms with van der Waals surface area (Å²) in [5.74, 6) is 2.41. The normalized spacial score (nSPS) is 36.2. The van der Waals surface area contributed by atoms with Crippen molar-refractivity contribution < 1.29 is 36.6 Å². The Morgan fingerprint density at radius 2 is 1.16 bits per heavy atom. The number of Topliss-reactive ketones (excluding diaryl/α,β-unsaturated/α-hetero) is 2. The number of hydrogen-bond donors (Lipinski definition) is 1. The van der Waals surface area contributed by atoms with Gasteiger partial charge >= 0.3 is 0 Å². The second-order valence-corrected chi connectivity index (χ2v) is 14.4. The Kier molecular flexibility index (Phi) is 15.5. The van der Waals surface area contributed by atoms with Gasteiger partial charge in [-0.05, 0) is 89.5 Å². The van der Waals surface area contributed by atoms with Crippen LogP contribution in [0, 0.1) is 40.4 Å². The quantitative estimate of drug-likeness (QED) is 0.240. The van der Waals surface area contributed by atoms with Crippen LogP contribution in [0.1, 0.15) is 92.9 Å². The van der Waals surface area contributed by atoms with Crippen LogP contribution in [0.3, 0.4) is 0 Å². The molecule has 2 radical (unpaired) electrons. The average molecular weight is 657 g/mol. The van der Waals surface area contributed by atoms with Crippen LogP contribution in [0.4, 0.5) is 0 Å². The average Bonchev–Trinajstić information content (AvgIpc) is 3.50. The van der Waals surface area contributed by atoms with Crippen LogP contribution >= 0.6 is 0 Å². The summed E-state index contributed by atoms with van der Waals surface area (Å²) < 4.78 is 0. The predicted molar refractivity (Wildman–Crippen MR) is 183 cm³/mol. The summed E-state index contributed by atoms with van der Waals surface area (Å²) >= 11 is 0. The van der Waals surface area contributed by atoms with Crippen LogP contribution < -0.4 is 0 Å². The van der Waals surface area contributed by atoms with E-state index in [0.717, 1.165) is 44.1 Å². The Balaban J connectivity index is 0.000000314. The molecule has 2 saturated carbocycles. The maximum Gasteiger partial charge on any atom is 0.165 e. The Morgan fingerprint density at radius 1 is 0.711 bits per heavy atom. The number of hydrogen-bond acceptors (Lipinski definition) is 4. The van der Waals surface area contributed by atoms with Crippen LogP contribution in [-0.2, 0) is 31.5 Å². The van der Waals surface area contributed by atoms with Crippen molar-refractivity contribution in [1.29, 1.82) is 0 Å². The first kappa shape index (κ1) is 41.3. The molecule has 246 valence electrons. The molecule has 6 aliphatic carbocycles. The number of rotatable bonds is 2. The van der Waals surface area contributed by atoms with E-state index in [1.54, 1.807) is 6.08 Å². The monoisotopic (exact) mass is 656 g/mol. The van der Waals surface area contributed by atoms with Gasteiger partial charge in [-0.25, -0.2) is 0 Å². The molecule has 0 amide bonds. The van der Waals surface area contributed by atoms with Gasteiger partial charge in [0.2, 0.25) is 0 Å². The Bertz CT molecular complexity index is 1210. The first-order valence-corrected chi connectivity index (χ1v) is 16.0. The summed E-state index contributed by atoms with van der Waals surface area (Å²) in [6, 6.07) is 0. The van der Waals surface area contributed by atoms with Gasteiger partial charge in [0.15, 0.2) is 11.6 Å². The van der Waals surface area contributed by atoms with Gasteiger partial charge in [-0.1, -0.05) is 86.3 Å². The van der Waals surface area contributed by atoms with Crippen LogP contribution in [-0.4, -0.2) is 46.9 Å². The zero-order valence-corrected chi connectivity index (χ0v) is 29.7. The summed E-state index contributed by atoms with van der Waals surface area (Å²) in [6.07, 6.45) is 22.9. The van der Waals surface area contributed by atoms with Crippen molar-refractivity contribution in [2.24, 2.45) is 40.4 Å². The molecule has 0 spiro atoms. The molecular formula is C39H54CuLiO4. The van der Waals surface area contributed by atoms with E-state index < -0.39 is 5.60 Å². The molecule has 45 heavy (non-hydrogen) atoms. The standard InChI is InChI=1S/C13H18O.C12H16O2.C10H12O.C4H8.Cu.Li/c1-9(2)10-8-12(14)13(3)7-5-4-6-11(10)13;1-8(2)9-7-11(13)12(14)6-4-3-5-10(9)12;1-10-7-3-2-4-8(10)5-6-9(10)11;1-4(2)3;;/h4-5,10-11H,1,6-8H2,2-3H3;3-4,9-10,14H,1,5-7H2,2H3;2-3,5-6,8H,4,7H2,1H3;1H2,2-3H3;;/t10-,11+,13-;9-,10+,12+;8-,10+;;;/m001.../s1. The van der Waals surface area contributed by atoms with E-state index in [9.17, 15) is 19.5 Å². The van der Waals surface area contributed by atoms with Gasteiger partial charge in [-0.3, -0.25) is 14.4 Å². The van der Waals surface area contributed by atoms with Gasteiger partial charge in [0, 0.05) is 71.9 Å². The maximum atomic E-state index is 12.0. The molecule has 4 nitrogen and oxygen atoms in total. The number of allylic oxidation sites excluding steroid dienone is 10. The Hall–Kier alpha value is -1.73. The van der Waals surface area contributed by atoms with Gasteiger partial charge in [0.05, 0.1) is 0 Å². The number of aliphatic hydroxyl groups is 1. The molecule has 0 saturated heterocycles. The van der Waals surface area contributed by atoms with E-state index in [1.807, 2.05) is 26.8 Å². The smallest absolute Gasteiger partial charge is 0.165 e. The third kappa shape index (κ3) is 9.00. The van der Waals surface area contributed by atoms with Crippen molar-refractivity contribution in [2.75, 3.05) is 0 Å². The molecule has 1 N–H and O–H groups in total. The van der Waals surface area contributed by atoms with E-state index in [0.29, 0.717) is 42.2 Å². The van der Waals surface area contributed by atoms with Gasteiger partial charge in [-0.15, -0.1) is 6.58 Å². The topological polar surface area (TPSA) is 71.4 Å². The fourth-order valence-corrected chi connectivity index (χ4v) is 7.66. The molecule has 0 aromatic heterocycles. The molecule has 0 aromatic carbocycles. The molecule has 8 atom stereocenters. The van der Waals surface area contributed by atoms with Crippen LogP contribution in [0.15, 0.2) is 85.1 Å². The van der Waals surface area contributed by atoms with Gasteiger partial charge in [0.25, 0.3) is 0 Å². The van der Waals surface area contributed by atoms with Crippen molar-refractivity contribution in [3.63, 3.8) is 0 Å². The summed E-state index contributed by atoms with van der Waals surface area (Å²) in [6.45, 7) is 23.6. The van der Waals surface area contributed by atoms with Crippen LogP contribution in [0.2, 0.25) is 0 Å². The first-order chi connectivity index (χ1) is 20.1. The molecule has 6 heteroatoms. The Morgan fingerprint density at radius 3 is 1.69 bits per heavy atom. The second-order valence-electron chi connectivity index (χ2n) is 14.4. The zero-order chi connectivity index (χ0) is 32.2. The third-order valence-electron chi connectivity index (χ3n) is 10.6. The first-order valence-electron chi connectivity index (χ1n) is 16.0. The van der Waals surface area contributed by atoms with Crippen LogP contribution in [0.25, 0.3) is 0 Å². The number of fused-ring (bicyclic) bond motifs is 3. The Labute approximate surface area is 295 Å². The van der Waals surface area contributed by atoms with Crippen LogP contribution in [0.5, 0.6) is 0 Å². The van der Waals surface area contributed by atoms with E-state index in [1.165, 1.54) is 11.1 Å². The summed E-state index contributed by atoms with van der Waals surface area (Å²) in [4.78, 5) is 35.1. The largest absolute Gasteiger partial charge is 0.381 e. The molecule has 0 unspecified atom stereocenters. The fourth-order valence-electron chi connectivity index (χ4n) is 7.66.